The standard InChI is InChI=1S/3H2O.2Pt/h3*1H2;;. The van der Waals surface area contributed by atoms with Crippen LogP contribution in [0.2, 0.25) is 0 Å². The van der Waals surface area contributed by atoms with Crippen LogP contribution in [0.4, 0.5) is 0 Å². The van der Waals surface area contributed by atoms with E-state index in [0.717, 1.165) is 0 Å². The monoisotopic (exact) mass is 444 g/mol. The summed E-state index contributed by atoms with van der Waals surface area (Å²) in [6, 6.07) is 0. The van der Waals surface area contributed by atoms with Crippen LogP contribution in [0.5, 0.6) is 0 Å². The fraction of sp³-hybridized carbons (Fsp3) is 0. The Kier molecular flexibility index (Phi) is 1320. The third kappa shape index (κ3) is 35.3. The molecule has 0 fully saturated rings. The first-order valence-electron chi connectivity index (χ1n) is 0. The minimum Gasteiger partial charge on any atom is -0.412 e. The fourth-order valence-electron chi connectivity index (χ4n) is 0. The molecule has 0 bridgehead atoms. The topological polar surface area (TPSA) is 94.5 Å². The molecule has 0 saturated heterocycles. The number of hydrogen-bond acceptors (Lipinski definition) is 0. The summed E-state index contributed by atoms with van der Waals surface area (Å²) in [6.07, 6.45) is 0. The van der Waals surface area contributed by atoms with Crippen LogP contribution < -0.4 is 0 Å². The quantitative estimate of drug-likeness (QED) is 0.396. The van der Waals surface area contributed by atoms with Gasteiger partial charge in [-0.3, -0.25) is 0 Å². The molecule has 0 unspecified atom stereocenters. The van der Waals surface area contributed by atoms with E-state index in [-0.39, 0.29) is 58.6 Å². The summed E-state index contributed by atoms with van der Waals surface area (Å²) in [5.74, 6) is 0. The van der Waals surface area contributed by atoms with Crippen LogP contribution >= 0.6 is 0 Å². The van der Waals surface area contributed by atoms with Crippen LogP contribution in [0.15, 0.2) is 0 Å². The van der Waals surface area contributed by atoms with E-state index in [0.29, 0.717) is 0 Å². The molecular formula is H6O3Pt2. The third-order valence-electron chi connectivity index (χ3n) is 0. The Bertz CT molecular complexity index is 4.85. The van der Waals surface area contributed by atoms with Crippen molar-refractivity contribution in [2.75, 3.05) is 0 Å². The average molecular weight is 444 g/mol. The summed E-state index contributed by atoms with van der Waals surface area (Å²) in [7, 11) is 0. The summed E-state index contributed by atoms with van der Waals surface area (Å²) in [5.41, 5.74) is 0. The molecule has 0 amide bonds. The minimum atomic E-state index is 0. The van der Waals surface area contributed by atoms with Gasteiger partial charge in [0.2, 0.25) is 0 Å². The second-order valence-corrected chi connectivity index (χ2v) is 0. The summed E-state index contributed by atoms with van der Waals surface area (Å²) >= 11 is 0. The molecule has 0 aliphatic carbocycles. The van der Waals surface area contributed by atoms with Gasteiger partial charge >= 0.3 is 0 Å². The van der Waals surface area contributed by atoms with Gasteiger partial charge < -0.3 is 16.4 Å². The van der Waals surface area contributed by atoms with Gasteiger partial charge in [-0.2, -0.15) is 0 Å². The van der Waals surface area contributed by atoms with Gasteiger partial charge in [0.15, 0.2) is 0 Å². The van der Waals surface area contributed by atoms with Gasteiger partial charge in [-0.15, -0.1) is 0 Å². The van der Waals surface area contributed by atoms with E-state index >= 15 is 0 Å². The minimum absolute atomic E-state index is 0. The van der Waals surface area contributed by atoms with Crippen LogP contribution in [0.3, 0.4) is 0 Å². The maximum absolute atomic E-state index is 0. The molecule has 5 heteroatoms. The molecule has 0 saturated carbocycles. The average Bonchev–Trinajstić information content (AvgIpc) is 0. The molecule has 0 aromatic carbocycles. The van der Waals surface area contributed by atoms with E-state index in [1.54, 1.807) is 0 Å². The zero-order chi connectivity index (χ0) is 0. The van der Waals surface area contributed by atoms with Gasteiger partial charge in [0.05, 0.1) is 0 Å². The maximum Gasteiger partial charge on any atom is 0 e. The molecule has 0 spiro atoms. The molecule has 0 radical (unpaired) electrons. The van der Waals surface area contributed by atoms with Crippen molar-refractivity contribution < 1.29 is 58.6 Å². The Hall–Kier alpha value is 1.26. The van der Waals surface area contributed by atoms with Gasteiger partial charge in [0.25, 0.3) is 0 Å². The number of rotatable bonds is 0. The second kappa shape index (κ2) is 60.3. The Morgan fingerprint density at radius 2 is 0.400 bits per heavy atom. The molecule has 0 atom stereocenters. The van der Waals surface area contributed by atoms with Gasteiger partial charge in [-0.05, 0) is 0 Å². The molecule has 0 aliphatic rings. The Labute approximate surface area is 58.6 Å². The summed E-state index contributed by atoms with van der Waals surface area (Å²) in [4.78, 5) is 0. The van der Waals surface area contributed by atoms with Crippen molar-refractivity contribution in [2.45, 2.75) is 0 Å². The smallest absolute Gasteiger partial charge is 0 e. The van der Waals surface area contributed by atoms with Crippen molar-refractivity contribution in [2.24, 2.45) is 0 Å². The maximum atomic E-state index is 0. The van der Waals surface area contributed by atoms with E-state index in [1.807, 2.05) is 0 Å². The molecule has 0 aromatic rings. The summed E-state index contributed by atoms with van der Waals surface area (Å²) < 4.78 is 0. The van der Waals surface area contributed by atoms with Crippen LogP contribution in [-0.2, 0) is 42.1 Å². The second-order valence-electron chi connectivity index (χ2n) is 0. The van der Waals surface area contributed by atoms with Gasteiger partial charge in [0.1, 0.15) is 0 Å². The molecule has 3 nitrogen and oxygen atoms in total. The van der Waals surface area contributed by atoms with E-state index in [4.69, 9.17) is 0 Å². The van der Waals surface area contributed by atoms with E-state index < -0.39 is 0 Å². The Balaban J connectivity index is 0. The van der Waals surface area contributed by atoms with Crippen molar-refractivity contribution in [3.05, 3.63) is 0 Å². The van der Waals surface area contributed by atoms with Gasteiger partial charge in [-0.1, -0.05) is 0 Å². The number of hydrogen-bond donors (Lipinski definition) is 0. The molecule has 0 aromatic heterocycles. The molecule has 0 aliphatic heterocycles. The van der Waals surface area contributed by atoms with Crippen molar-refractivity contribution in [3.63, 3.8) is 0 Å². The first kappa shape index (κ1) is 109. The van der Waals surface area contributed by atoms with E-state index in [9.17, 15) is 0 Å². The van der Waals surface area contributed by atoms with Crippen LogP contribution in [0.25, 0.3) is 0 Å². The molecule has 0 rings (SSSR count). The molecule has 44 valence electrons. The first-order chi connectivity index (χ1) is 0. The predicted octanol–water partition coefficient (Wildman–Crippen LogP) is -2.48. The Morgan fingerprint density at radius 3 is 0.400 bits per heavy atom. The third-order valence-corrected chi connectivity index (χ3v) is 0. The normalized spacial score (nSPS) is 0. The van der Waals surface area contributed by atoms with Crippen LogP contribution in [0.1, 0.15) is 0 Å². The fourth-order valence-corrected chi connectivity index (χ4v) is 0. The van der Waals surface area contributed by atoms with Gasteiger partial charge in [-0.25, -0.2) is 0 Å². The van der Waals surface area contributed by atoms with Crippen LogP contribution in [-0.4, -0.2) is 16.4 Å². The molecular weight excluding hydrogens is 438 g/mol. The van der Waals surface area contributed by atoms with Crippen LogP contribution in [0, 0.1) is 0 Å². The van der Waals surface area contributed by atoms with Crippen molar-refractivity contribution in [1.29, 1.82) is 0 Å². The zero-order valence-corrected chi connectivity index (χ0v) is 6.68. The predicted molar refractivity (Wildman–Crippen MR) is 10.8 cm³/mol. The SMILES string of the molecule is O.O.O.[Pt].[Pt]. The summed E-state index contributed by atoms with van der Waals surface area (Å²) in [5, 5.41) is 0. The molecule has 5 heavy (non-hydrogen) atoms. The first-order valence-corrected chi connectivity index (χ1v) is 0. The van der Waals surface area contributed by atoms with E-state index in [2.05, 4.69) is 0 Å². The van der Waals surface area contributed by atoms with Crippen molar-refractivity contribution in [3.8, 4) is 0 Å². The molecule has 6 N–H and O–H groups in total. The Morgan fingerprint density at radius 1 is 0.400 bits per heavy atom. The summed E-state index contributed by atoms with van der Waals surface area (Å²) in [6.45, 7) is 0. The van der Waals surface area contributed by atoms with Crippen molar-refractivity contribution >= 4 is 0 Å². The van der Waals surface area contributed by atoms with Crippen molar-refractivity contribution in [1.82, 2.24) is 0 Å². The van der Waals surface area contributed by atoms with Gasteiger partial charge in [0, 0.05) is 42.1 Å². The molecule has 0 heterocycles. The van der Waals surface area contributed by atoms with E-state index in [1.165, 1.54) is 0 Å². The largest absolute Gasteiger partial charge is 0.412 e. The zero-order valence-electron chi connectivity index (χ0n) is 2.13.